The minimum atomic E-state index is -0.380. The van der Waals surface area contributed by atoms with Crippen molar-refractivity contribution < 1.29 is 4.92 Å². The molecule has 0 spiro atoms. The van der Waals surface area contributed by atoms with Gasteiger partial charge in [0, 0.05) is 39.3 Å². The maximum Gasteiger partial charge on any atom is 0.271 e. The minimum Gasteiger partial charge on any atom is -0.370 e. The Balaban J connectivity index is 2.35. The summed E-state index contributed by atoms with van der Waals surface area (Å²) in [6.45, 7) is 1.98. The Kier molecular flexibility index (Phi) is 4.55. The van der Waals surface area contributed by atoms with Crippen molar-refractivity contribution >= 4 is 23.4 Å². The standard InChI is InChI=1S/C14H20N4O2/c1-16(2)11-15-13-10-12(18(19)20)6-7-14(13)17-8-4-3-5-9-17/h6-7,10-11H,3-5,8-9H2,1-2H3. The van der Waals surface area contributed by atoms with Crippen molar-refractivity contribution in [1.82, 2.24) is 4.90 Å². The molecule has 0 saturated carbocycles. The smallest absolute Gasteiger partial charge is 0.271 e. The minimum absolute atomic E-state index is 0.0802. The van der Waals surface area contributed by atoms with Crippen LogP contribution in [0, 0.1) is 10.1 Å². The molecule has 1 aliphatic heterocycles. The van der Waals surface area contributed by atoms with Gasteiger partial charge in [0.2, 0.25) is 0 Å². The van der Waals surface area contributed by atoms with Crippen molar-refractivity contribution in [3.05, 3.63) is 28.3 Å². The average Bonchev–Trinajstić information content (AvgIpc) is 2.45. The van der Waals surface area contributed by atoms with E-state index in [1.54, 1.807) is 18.5 Å². The van der Waals surface area contributed by atoms with Crippen LogP contribution in [0.4, 0.5) is 17.1 Å². The lowest BCUT2D eigenvalue weighted by atomic mass is 10.1. The molecule has 1 aliphatic rings. The second-order valence-electron chi connectivity index (χ2n) is 5.19. The van der Waals surface area contributed by atoms with Crippen LogP contribution in [0.15, 0.2) is 23.2 Å². The highest BCUT2D eigenvalue weighted by Gasteiger charge is 2.17. The van der Waals surface area contributed by atoms with Crippen LogP contribution in [0.2, 0.25) is 0 Å². The molecule has 1 aromatic carbocycles. The second kappa shape index (κ2) is 6.36. The van der Waals surface area contributed by atoms with Crippen LogP contribution in [-0.4, -0.2) is 43.3 Å². The molecule has 1 fully saturated rings. The van der Waals surface area contributed by atoms with Gasteiger partial charge in [-0.1, -0.05) is 0 Å². The van der Waals surface area contributed by atoms with Crippen LogP contribution in [-0.2, 0) is 0 Å². The SMILES string of the molecule is CN(C)C=Nc1cc([N+](=O)[O-])ccc1N1CCCCC1. The molecule has 0 radical (unpaired) electrons. The zero-order chi connectivity index (χ0) is 14.5. The van der Waals surface area contributed by atoms with Gasteiger partial charge in [-0.25, -0.2) is 4.99 Å². The molecule has 1 saturated heterocycles. The molecule has 0 aromatic heterocycles. The fraction of sp³-hybridized carbons (Fsp3) is 0.500. The van der Waals surface area contributed by atoms with E-state index in [9.17, 15) is 10.1 Å². The number of rotatable bonds is 4. The molecule has 0 atom stereocenters. The van der Waals surface area contributed by atoms with Crippen LogP contribution in [0.3, 0.4) is 0 Å². The molecule has 0 N–H and O–H groups in total. The summed E-state index contributed by atoms with van der Waals surface area (Å²) < 4.78 is 0. The summed E-state index contributed by atoms with van der Waals surface area (Å²) in [7, 11) is 3.75. The van der Waals surface area contributed by atoms with Gasteiger partial charge in [-0.05, 0) is 25.3 Å². The predicted molar refractivity (Wildman–Crippen MR) is 81.0 cm³/mol. The van der Waals surface area contributed by atoms with E-state index < -0.39 is 0 Å². The monoisotopic (exact) mass is 276 g/mol. The zero-order valence-electron chi connectivity index (χ0n) is 12.0. The molecule has 6 heteroatoms. The van der Waals surface area contributed by atoms with E-state index in [-0.39, 0.29) is 10.6 Å². The molecule has 0 bridgehead atoms. The lowest BCUT2D eigenvalue weighted by molar-refractivity contribution is -0.384. The van der Waals surface area contributed by atoms with Crippen LogP contribution < -0.4 is 4.90 Å². The summed E-state index contributed by atoms with van der Waals surface area (Å²) >= 11 is 0. The van der Waals surface area contributed by atoms with Crippen molar-refractivity contribution in [3.8, 4) is 0 Å². The number of piperidine rings is 1. The Morgan fingerprint density at radius 1 is 1.30 bits per heavy atom. The largest absolute Gasteiger partial charge is 0.370 e. The van der Waals surface area contributed by atoms with Gasteiger partial charge in [-0.15, -0.1) is 0 Å². The molecular formula is C14H20N4O2. The third-order valence-electron chi connectivity index (χ3n) is 3.29. The maximum atomic E-state index is 10.9. The van der Waals surface area contributed by atoms with Crippen LogP contribution >= 0.6 is 0 Å². The number of benzene rings is 1. The number of non-ortho nitro benzene ring substituents is 1. The van der Waals surface area contributed by atoms with Crippen molar-refractivity contribution in [1.29, 1.82) is 0 Å². The summed E-state index contributed by atoms with van der Waals surface area (Å²) in [4.78, 5) is 19.0. The van der Waals surface area contributed by atoms with Crippen molar-refractivity contribution in [2.75, 3.05) is 32.1 Å². The van der Waals surface area contributed by atoms with Crippen molar-refractivity contribution in [2.45, 2.75) is 19.3 Å². The molecule has 6 nitrogen and oxygen atoms in total. The first-order valence-corrected chi connectivity index (χ1v) is 6.82. The summed E-state index contributed by atoms with van der Waals surface area (Å²) in [6, 6.07) is 4.91. The first-order valence-electron chi connectivity index (χ1n) is 6.82. The number of nitrogens with zero attached hydrogens (tertiary/aromatic N) is 4. The molecular weight excluding hydrogens is 256 g/mol. The van der Waals surface area contributed by atoms with Gasteiger partial charge in [0.1, 0.15) is 0 Å². The molecule has 0 amide bonds. The Hall–Kier alpha value is -2.11. The lowest BCUT2D eigenvalue weighted by Crippen LogP contribution is -2.29. The highest BCUT2D eigenvalue weighted by molar-refractivity contribution is 5.74. The van der Waals surface area contributed by atoms with E-state index in [2.05, 4.69) is 9.89 Å². The number of aliphatic imine (C=N–C) groups is 1. The maximum absolute atomic E-state index is 10.9. The third-order valence-corrected chi connectivity index (χ3v) is 3.29. The third kappa shape index (κ3) is 3.46. The average molecular weight is 276 g/mol. The molecule has 0 aliphatic carbocycles. The van der Waals surface area contributed by atoms with E-state index in [0.717, 1.165) is 31.6 Å². The van der Waals surface area contributed by atoms with Crippen molar-refractivity contribution in [2.24, 2.45) is 4.99 Å². The Bertz CT molecular complexity index is 508. The zero-order valence-corrected chi connectivity index (χ0v) is 12.0. The Labute approximate surface area is 118 Å². The van der Waals surface area contributed by atoms with E-state index in [0.29, 0.717) is 5.69 Å². The van der Waals surface area contributed by atoms with E-state index in [1.165, 1.54) is 6.42 Å². The summed E-state index contributed by atoms with van der Waals surface area (Å²) in [5.74, 6) is 0. The number of anilines is 1. The fourth-order valence-electron chi connectivity index (χ4n) is 2.31. The number of nitro benzene ring substituents is 1. The predicted octanol–water partition coefficient (Wildman–Crippen LogP) is 2.81. The second-order valence-corrected chi connectivity index (χ2v) is 5.19. The van der Waals surface area contributed by atoms with Crippen LogP contribution in [0.25, 0.3) is 0 Å². The van der Waals surface area contributed by atoms with Crippen molar-refractivity contribution in [3.63, 3.8) is 0 Å². The van der Waals surface area contributed by atoms with Crippen LogP contribution in [0.1, 0.15) is 19.3 Å². The first kappa shape index (κ1) is 14.3. The Morgan fingerprint density at radius 2 is 2.00 bits per heavy atom. The topological polar surface area (TPSA) is 62.0 Å². The summed E-state index contributed by atoms with van der Waals surface area (Å²) in [6.07, 6.45) is 5.24. The van der Waals surface area contributed by atoms with E-state index >= 15 is 0 Å². The highest BCUT2D eigenvalue weighted by atomic mass is 16.6. The van der Waals surface area contributed by atoms with Gasteiger partial charge >= 0.3 is 0 Å². The quantitative estimate of drug-likeness (QED) is 0.367. The molecule has 2 rings (SSSR count). The lowest BCUT2D eigenvalue weighted by Gasteiger charge is -2.29. The van der Waals surface area contributed by atoms with E-state index in [4.69, 9.17) is 0 Å². The number of hydrogen-bond donors (Lipinski definition) is 0. The summed E-state index contributed by atoms with van der Waals surface area (Å²) in [5.41, 5.74) is 1.72. The molecule has 0 unspecified atom stereocenters. The van der Waals surface area contributed by atoms with Gasteiger partial charge < -0.3 is 9.80 Å². The van der Waals surface area contributed by atoms with Gasteiger partial charge in [-0.2, -0.15) is 0 Å². The number of hydrogen-bond acceptors (Lipinski definition) is 4. The van der Waals surface area contributed by atoms with Gasteiger partial charge in [-0.3, -0.25) is 10.1 Å². The van der Waals surface area contributed by atoms with E-state index in [1.807, 2.05) is 25.1 Å². The van der Waals surface area contributed by atoms with Gasteiger partial charge in [0.25, 0.3) is 5.69 Å². The normalized spacial score (nSPS) is 15.6. The van der Waals surface area contributed by atoms with Crippen LogP contribution in [0.5, 0.6) is 0 Å². The summed E-state index contributed by atoms with van der Waals surface area (Å²) in [5, 5.41) is 10.9. The number of nitro groups is 1. The fourth-order valence-corrected chi connectivity index (χ4v) is 2.31. The van der Waals surface area contributed by atoms with Gasteiger partial charge in [0.15, 0.2) is 0 Å². The molecule has 108 valence electrons. The molecule has 1 heterocycles. The Morgan fingerprint density at radius 3 is 2.60 bits per heavy atom. The highest BCUT2D eigenvalue weighted by Crippen LogP contribution is 2.33. The first-order chi connectivity index (χ1) is 9.58. The molecule has 1 aromatic rings. The molecule has 20 heavy (non-hydrogen) atoms. The van der Waals surface area contributed by atoms with Gasteiger partial charge in [0.05, 0.1) is 22.6 Å².